The van der Waals surface area contributed by atoms with Gasteiger partial charge in [-0.15, -0.1) is 0 Å². The maximum atomic E-state index is 7.57. The van der Waals surface area contributed by atoms with Crippen LogP contribution in [0.2, 0.25) is 0 Å². The Labute approximate surface area is 46.8 Å². The minimum absolute atomic E-state index is 0. The van der Waals surface area contributed by atoms with Gasteiger partial charge in [-0.05, 0) is 6.92 Å². The van der Waals surface area contributed by atoms with E-state index in [1.165, 1.54) is 0 Å². The van der Waals surface area contributed by atoms with Gasteiger partial charge in [-0.3, -0.25) is 0 Å². The fourth-order valence-corrected chi connectivity index (χ4v) is 0. The Morgan fingerprint density at radius 3 is 2.00 bits per heavy atom. The molecular formula is C2H10OTi. The first kappa shape index (κ1) is 8.82. The van der Waals surface area contributed by atoms with Crippen molar-refractivity contribution in [3.05, 3.63) is 0 Å². The minimum atomic E-state index is 0. The Hall–Kier alpha value is 0.674. The molecule has 0 aliphatic heterocycles. The molecule has 0 fully saturated rings. The minimum Gasteiger partial charge on any atom is -1.00 e. The topological polar surface area (TPSA) is 20.2 Å². The van der Waals surface area contributed by atoms with Crippen molar-refractivity contribution in [1.29, 1.82) is 0 Å². The van der Waals surface area contributed by atoms with Crippen molar-refractivity contribution in [2.45, 2.75) is 6.92 Å². The molecule has 0 amide bonds. The Balaban J connectivity index is -0.00000000200. The van der Waals surface area contributed by atoms with Gasteiger partial charge in [-0.1, -0.05) is 0 Å². The summed E-state index contributed by atoms with van der Waals surface area (Å²) >= 11 is 0. The zero-order valence-corrected chi connectivity index (χ0v) is 4.22. The fourth-order valence-electron chi connectivity index (χ4n) is 0. The van der Waals surface area contributed by atoms with Crippen molar-refractivity contribution < 1.29 is 32.5 Å². The molecule has 0 saturated carbocycles. The summed E-state index contributed by atoms with van der Waals surface area (Å²) in [5.41, 5.74) is 0. The van der Waals surface area contributed by atoms with Crippen LogP contribution in [-0.2, 0) is 21.7 Å². The molecule has 0 aromatic heterocycles. The maximum Gasteiger partial charge on any atom is 4.00 e. The maximum absolute atomic E-state index is 7.57. The Kier molecular flexibility index (Phi) is 20.7. The molecule has 0 spiro atoms. The van der Waals surface area contributed by atoms with Crippen molar-refractivity contribution in [3.63, 3.8) is 0 Å². The molecule has 0 aliphatic rings. The number of aliphatic hydroxyl groups is 1. The van der Waals surface area contributed by atoms with E-state index in [4.69, 9.17) is 5.11 Å². The molecule has 0 unspecified atom stereocenters. The van der Waals surface area contributed by atoms with Crippen LogP contribution in [0.3, 0.4) is 0 Å². The SMILES string of the molecule is CCO.[H-].[H-].[H-].[H-].[Ti+4]. The summed E-state index contributed by atoms with van der Waals surface area (Å²) in [5.74, 6) is 0. The van der Waals surface area contributed by atoms with Crippen LogP contribution in [0.5, 0.6) is 0 Å². The van der Waals surface area contributed by atoms with Crippen molar-refractivity contribution in [2.24, 2.45) is 0 Å². The Morgan fingerprint density at radius 2 is 2.00 bits per heavy atom. The van der Waals surface area contributed by atoms with Crippen molar-refractivity contribution >= 4 is 0 Å². The average Bonchev–Trinajstić information content (AvgIpc) is 0.918. The second-order valence-corrected chi connectivity index (χ2v) is 0.316. The predicted molar refractivity (Wildman–Crippen MR) is 17.2 cm³/mol. The van der Waals surface area contributed by atoms with Crippen LogP contribution in [0.25, 0.3) is 0 Å². The number of aliphatic hydroxyl groups excluding tert-OH is 1. The van der Waals surface area contributed by atoms with Crippen LogP contribution in [0.1, 0.15) is 12.6 Å². The summed E-state index contributed by atoms with van der Waals surface area (Å²) < 4.78 is 0. The van der Waals surface area contributed by atoms with E-state index in [1.807, 2.05) is 0 Å². The van der Waals surface area contributed by atoms with Gasteiger partial charge in [0.1, 0.15) is 0 Å². The van der Waals surface area contributed by atoms with Gasteiger partial charge in [-0.2, -0.15) is 0 Å². The molecule has 0 saturated heterocycles. The second kappa shape index (κ2) is 9.37. The van der Waals surface area contributed by atoms with Gasteiger partial charge in [0.15, 0.2) is 0 Å². The van der Waals surface area contributed by atoms with Gasteiger partial charge < -0.3 is 10.8 Å². The standard InChI is InChI=1S/C2H6O.Ti.4H/c1-2-3;;;;;/h3H,2H2,1H3;;;;;/q;+4;4*-1. The summed E-state index contributed by atoms with van der Waals surface area (Å²) in [6.45, 7) is 1.93. The van der Waals surface area contributed by atoms with E-state index >= 15 is 0 Å². The van der Waals surface area contributed by atoms with E-state index in [-0.39, 0.29) is 34.0 Å². The molecule has 0 aromatic rings. The fraction of sp³-hybridized carbons (Fsp3) is 1.00. The number of hydrogen-bond acceptors (Lipinski definition) is 1. The zero-order chi connectivity index (χ0) is 2.71. The van der Waals surface area contributed by atoms with Crippen LogP contribution >= 0.6 is 0 Å². The van der Waals surface area contributed by atoms with Gasteiger partial charge in [0.2, 0.25) is 0 Å². The van der Waals surface area contributed by atoms with E-state index in [0.29, 0.717) is 0 Å². The van der Waals surface area contributed by atoms with E-state index in [2.05, 4.69) is 0 Å². The molecule has 0 radical (unpaired) electrons. The van der Waals surface area contributed by atoms with Crippen molar-refractivity contribution in [2.75, 3.05) is 6.61 Å². The van der Waals surface area contributed by atoms with Crippen LogP contribution in [0, 0.1) is 0 Å². The van der Waals surface area contributed by atoms with Crippen LogP contribution in [0.4, 0.5) is 0 Å². The molecular weight excluding hydrogens is 87.9 g/mol. The number of rotatable bonds is 0. The molecule has 0 aromatic carbocycles. The second-order valence-electron chi connectivity index (χ2n) is 0.316. The average molecular weight is 98.0 g/mol. The smallest absolute Gasteiger partial charge is 1.00 e. The molecule has 0 rings (SSSR count). The Morgan fingerprint density at radius 1 is 2.00 bits per heavy atom. The molecule has 1 N–H and O–H groups in total. The number of hydrogen-bond donors (Lipinski definition) is 1. The zero-order valence-electron chi connectivity index (χ0n) is 6.65. The normalized spacial score (nSPS) is 4.50. The molecule has 0 aliphatic carbocycles. The largest absolute Gasteiger partial charge is 4.00 e. The quantitative estimate of drug-likeness (QED) is 0.436. The third kappa shape index (κ3) is 16.5. The third-order valence-corrected chi connectivity index (χ3v) is 0. The van der Waals surface area contributed by atoms with Gasteiger partial charge >= 0.3 is 21.7 Å². The molecule has 28 valence electrons. The predicted octanol–water partition coefficient (Wildman–Crippen LogP) is 0.446. The van der Waals surface area contributed by atoms with Gasteiger partial charge in [0.25, 0.3) is 0 Å². The molecule has 0 bridgehead atoms. The first-order valence-corrected chi connectivity index (χ1v) is 1.02. The first-order chi connectivity index (χ1) is 1.41. The van der Waals surface area contributed by atoms with Crippen molar-refractivity contribution in [1.82, 2.24) is 0 Å². The monoisotopic (exact) mass is 98.0 g/mol. The summed E-state index contributed by atoms with van der Waals surface area (Å²) in [4.78, 5) is 0. The molecule has 1 nitrogen and oxygen atoms in total. The third-order valence-electron chi connectivity index (χ3n) is 0. The molecule has 4 heavy (non-hydrogen) atoms. The van der Waals surface area contributed by atoms with Crippen molar-refractivity contribution in [3.8, 4) is 0 Å². The van der Waals surface area contributed by atoms with E-state index in [0.717, 1.165) is 0 Å². The molecule has 0 atom stereocenters. The van der Waals surface area contributed by atoms with Gasteiger partial charge in [0, 0.05) is 6.61 Å². The Bertz CT molecular complexity index is 14.0. The van der Waals surface area contributed by atoms with E-state index < -0.39 is 0 Å². The summed E-state index contributed by atoms with van der Waals surface area (Å²) in [7, 11) is 0. The van der Waals surface area contributed by atoms with E-state index in [9.17, 15) is 0 Å². The summed E-state index contributed by atoms with van der Waals surface area (Å²) in [5, 5.41) is 7.57. The van der Waals surface area contributed by atoms with Crippen LogP contribution in [-0.4, -0.2) is 11.7 Å². The van der Waals surface area contributed by atoms with Gasteiger partial charge in [0.05, 0.1) is 0 Å². The summed E-state index contributed by atoms with van der Waals surface area (Å²) in [6, 6.07) is 0. The van der Waals surface area contributed by atoms with Gasteiger partial charge in [-0.25, -0.2) is 0 Å². The van der Waals surface area contributed by atoms with Crippen LogP contribution in [0.15, 0.2) is 0 Å². The van der Waals surface area contributed by atoms with E-state index in [1.54, 1.807) is 6.92 Å². The summed E-state index contributed by atoms with van der Waals surface area (Å²) in [6.07, 6.45) is 0. The first-order valence-electron chi connectivity index (χ1n) is 1.02. The molecule has 2 heteroatoms. The van der Waals surface area contributed by atoms with Crippen LogP contribution < -0.4 is 0 Å². The molecule has 0 heterocycles.